The van der Waals surface area contributed by atoms with Gasteiger partial charge in [0, 0.05) is 24.0 Å². The van der Waals surface area contributed by atoms with E-state index in [1.54, 1.807) is 12.1 Å². The fraction of sp³-hybridized carbons (Fsp3) is 0. The number of nitrogens with zero attached hydrogens (tertiary/aromatic N) is 3. The molecule has 0 radical (unpaired) electrons. The zero-order valence-corrected chi connectivity index (χ0v) is 14.1. The maximum absolute atomic E-state index is 11.9. The highest BCUT2D eigenvalue weighted by Gasteiger charge is 2.20. The molecule has 2 heterocycles. The van der Waals surface area contributed by atoms with Crippen LogP contribution in [0.2, 0.25) is 0 Å². The molecule has 2 aromatic heterocycles. The molecule has 0 unspecified atom stereocenters. The molecule has 140 valence electrons. The summed E-state index contributed by atoms with van der Waals surface area (Å²) in [6.45, 7) is 0. The zero-order valence-electron chi connectivity index (χ0n) is 14.1. The van der Waals surface area contributed by atoms with Crippen molar-refractivity contribution in [2.45, 2.75) is 0 Å². The third kappa shape index (κ3) is 4.43. The molecule has 0 aliphatic heterocycles. The van der Waals surface area contributed by atoms with Crippen LogP contribution >= 0.6 is 0 Å². The number of amides is 1. The first-order valence-electron chi connectivity index (χ1n) is 7.82. The van der Waals surface area contributed by atoms with Crippen LogP contribution in [0.15, 0.2) is 70.6 Å². The second kappa shape index (κ2) is 8.36. The van der Waals surface area contributed by atoms with Crippen LogP contribution in [-0.4, -0.2) is 28.0 Å². The molecule has 10 nitrogen and oxygen atoms in total. The monoisotopic (exact) mass is 380 g/mol. The summed E-state index contributed by atoms with van der Waals surface area (Å²) in [6.07, 6.45) is 5.40. The third-order valence-corrected chi connectivity index (χ3v) is 3.41. The summed E-state index contributed by atoms with van der Waals surface area (Å²) in [6, 6.07) is 9.88. The normalized spacial score (nSPS) is 10.6. The minimum atomic E-state index is -0.863. The number of carbonyl (C=O) groups excluding carboxylic acids is 2. The van der Waals surface area contributed by atoms with E-state index >= 15 is 0 Å². The summed E-state index contributed by atoms with van der Waals surface area (Å²) in [5.74, 6) is -1.68. The number of furan rings is 1. The highest BCUT2D eigenvalue weighted by atomic mass is 16.6. The molecule has 10 heteroatoms. The zero-order chi connectivity index (χ0) is 19.9. The van der Waals surface area contributed by atoms with Gasteiger partial charge in [0.2, 0.25) is 11.5 Å². The Labute approximate surface area is 157 Å². The first-order chi connectivity index (χ1) is 13.5. The van der Waals surface area contributed by atoms with Crippen LogP contribution in [0.3, 0.4) is 0 Å². The van der Waals surface area contributed by atoms with E-state index in [0.717, 1.165) is 6.07 Å². The van der Waals surface area contributed by atoms with Crippen LogP contribution in [0.25, 0.3) is 0 Å². The number of benzene rings is 1. The molecule has 0 fully saturated rings. The van der Waals surface area contributed by atoms with Gasteiger partial charge in [-0.25, -0.2) is 10.2 Å². The van der Waals surface area contributed by atoms with E-state index in [1.807, 2.05) is 0 Å². The van der Waals surface area contributed by atoms with E-state index < -0.39 is 22.5 Å². The fourth-order valence-electron chi connectivity index (χ4n) is 2.12. The van der Waals surface area contributed by atoms with Crippen LogP contribution in [0.1, 0.15) is 26.5 Å². The fourth-order valence-corrected chi connectivity index (χ4v) is 2.12. The summed E-state index contributed by atoms with van der Waals surface area (Å²) in [7, 11) is 0. The van der Waals surface area contributed by atoms with Gasteiger partial charge in [-0.2, -0.15) is 5.10 Å². The van der Waals surface area contributed by atoms with Gasteiger partial charge in [0.15, 0.2) is 0 Å². The average molecular weight is 380 g/mol. The molecule has 0 saturated carbocycles. The predicted octanol–water partition coefficient (Wildman–Crippen LogP) is 2.57. The smallest absolute Gasteiger partial charge is 0.379 e. The average Bonchev–Trinajstić information content (AvgIpc) is 3.24. The Morgan fingerprint density at radius 3 is 2.79 bits per heavy atom. The van der Waals surface area contributed by atoms with E-state index in [2.05, 4.69) is 15.5 Å². The quantitative estimate of drug-likeness (QED) is 0.228. The number of pyridine rings is 1. The number of hydrogen-bond donors (Lipinski definition) is 1. The van der Waals surface area contributed by atoms with E-state index in [1.165, 1.54) is 49.1 Å². The summed E-state index contributed by atoms with van der Waals surface area (Å²) >= 11 is 0. The van der Waals surface area contributed by atoms with Crippen molar-refractivity contribution < 1.29 is 23.7 Å². The largest absolute Gasteiger partial charge is 0.457 e. The van der Waals surface area contributed by atoms with Crippen molar-refractivity contribution in [3.05, 3.63) is 88.1 Å². The number of aromatic nitrogens is 1. The molecule has 1 aromatic carbocycles. The molecule has 0 aliphatic rings. The maximum atomic E-state index is 11.9. The number of nitro groups is 1. The first kappa shape index (κ1) is 18.5. The highest BCUT2D eigenvalue weighted by Crippen LogP contribution is 2.28. The van der Waals surface area contributed by atoms with E-state index in [9.17, 15) is 19.7 Å². The van der Waals surface area contributed by atoms with Crippen molar-refractivity contribution >= 4 is 23.8 Å². The Kier molecular flexibility index (Phi) is 5.51. The summed E-state index contributed by atoms with van der Waals surface area (Å²) in [5, 5.41) is 15.0. The maximum Gasteiger partial charge on any atom is 0.379 e. The topological polar surface area (TPSA) is 137 Å². The van der Waals surface area contributed by atoms with Gasteiger partial charge in [0.25, 0.3) is 5.91 Å². The van der Waals surface area contributed by atoms with Crippen LogP contribution in [0.4, 0.5) is 5.69 Å². The standard InChI is InChI=1S/C18H12N4O6/c23-17(13-3-1-7-19-11-13)21-20-10-12-5-6-15(14(9-12)22(25)26)28-18(24)16-4-2-8-27-16/h1-11H,(H,21,23)/b20-10+. The molecule has 0 atom stereocenters. The summed E-state index contributed by atoms with van der Waals surface area (Å²) in [4.78, 5) is 38.2. The Morgan fingerprint density at radius 1 is 1.25 bits per heavy atom. The second-order valence-electron chi connectivity index (χ2n) is 5.29. The molecule has 3 aromatic rings. The van der Waals surface area contributed by atoms with Crippen molar-refractivity contribution in [1.82, 2.24) is 10.4 Å². The highest BCUT2D eigenvalue weighted by molar-refractivity contribution is 5.94. The number of nitrogens with one attached hydrogen (secondary N) is 1. The van der Waals surface area contributed by atoms with Gasteiger partial charge in [0.1, 0.15) is 0 Å². The molecule has 1 N–H and O–H groups in total. The Morgan fingerprint density at radius 2 is 2.11 bits per heavy atom. The van der Waals surface area contributed by atoms with Gasteiger partial charge >= 0.3 is 11.7 Å². The molecule has 0 saturated heterocycles. The van der Waals surface area contributed by atoms with Crippen molar-refractivity contribution in [2.24, 2.45) is 5.10 Å². The van der Waals surface area contributed by atoms with Crippen LogP contribution in [0.5, 0.6) is 5.75 Å². The van der Waals surface area contributed by atoms with Crippen LogP contribution < -0.4 is 10.2 Å². The molecular weight excluding hydrogens is 368 g/mol. The van der Waals surface area contributed by atoms with Crippen molar-refractivity contribution in [3.63, 3.8) is 0 Å². The molecule has 28 heavy (non-hydrogen) atoms. The SMILES string of the molecule is O=C(N/N=C/c1ccc(OC(=O)c2ccco2)c([N+](=O)[O-])c1)c1cccnc1. The van der Waals surface area contributed by atoms with Crippen molar-refractivity contribution in [3.8, 4) is 5.75 Å². The molecular formula is C18H12N4O6. The Balaban J connectivity index is 1.72. The Bertz CT molecular complexity index is 1030. The minimum absolute atomic E-state index is 0.0851. The van der Waals surface area contributed by atoms with Gasteiger partial charge in [0.05, 0.1) is 23.0 Å². The number of nitro benzene ring substituents is 1. The number of ether oxygens (including phenoxy) is 1. The predicted molar refractivity (Wildman–Crippen MR) is 96.1 cm³/mol. The Hall–Kier alpha value is -4.34. The molecule has 3 rings (SSSR count). The van der Waals surface area contributed by atoms with E-state index in [-0.39, 0.29) is 11.5 Å². The lowest BCUT2D eigenvalue weighted by atomic mass is 10.2. The molecule has 1 amide bonds. The number of hydrogen-bond acceptors (Lipinski definition) is 8. The molecule has 0 aliphatic carbocycles. The van der Waals surface area contributed by atoms with Crippen LogP contribution in [0, 0.1) is 10.1 Å². The molecule has 0 spiro atoms. The summed E-state index contributed by atoms with van der Waals surface area (Å²) in [5.41, 5.74) is 2.47. The van der Waals surface area contributed by atoms with Crippen molar-refractivity contribution in [1.29, 1.82) is 0 Å². The van der Waals surface area contributed by atoms with Gasteiger partial charge in [-0.1, -0.05) is 0 Å². The lowest BCUT2D eigenvalue weighted by molar-refractivity contribution is -0.385. The van der Waals surface area contributed by atoms with E-state index in [0.29, 0.717) is 11.1 Å². The summed E-state index contributed by atoms with van der Waals surface area (Å²) < 4.78 is 9.90. The van der Waals surface area contributed by atoms with Gasteiger partial charge in [-0.15, -0.1) is 0 Å². The minimum Gasteiger partial charge on any atom is -0.457 e. The second-order valence-corrected chi connectivity index (χ2v) is 5.29. The third-order valence-electron chi connectivity index (χ3n) is 3.41. The van der Waals surface area contributed by atoms with Gasteiger partial charge in [-0.05, 0) is 36.4 Å². The number of rotatable bonds is 6. The lowest BCUT2D eigenvalue weighted by Crippen LogP contribution is -2.17. The van der Waals surface area contributed by atoms with Gasteiger partial charge in [-0.3, -0.25) is 19.9 Å². The number of esters is 1. The van der Waals surface area contributed by atoms with Crippen LogP contribution in [-0.2, 0) is 0 Å². The lowest BCUT2D eigenvalue weighted by Gasteiger charge is -2.04. The number of hydrazone groups is 1. The van der Waals surface area contributed by atoms with E-state index in [4.69, 9.17) is 9.15 Å². The molecule has 0 bridgehead atoms. The first-order valence-corrected chi connectivity index (χ1v) is 7.82. The van der Waals surface area contributed by atoms with Crippen molar-refractivity contribution in [2.75, 3.05) is 0 Å². The number of carbonyl (C=O) groups is 2. The van der Waals surface area contributed by atoms with Gasteiger partial charge < -0.3 is 9.15 Å².